The van der Waals surface area contributed by atoms with Crippen LogP contribution < -0.4 is 10.6 Å². The molecule has 0 spiro atoms. The number of H-pyrrole nitrogens is 1. The van der Waals surface area contributed by atoms with Gasteiger partial charge in [0.25, 0.3) is 0 Å². The van der Waals surface area contributed by atoms with Gasteiger partial charge in [0.05, 0.1) is 11.0 Å². The Hall–Kier alpha value is -2.40. The van der Waals surface area contributed by atoms with Crippen molar-refractivity contribution in [2.45, 2.75) is 13.0 Å². The summed E-state index contributed by atoms with van der Waals surface area (Å²) in [4.78, 5) is 7.56. The van der Waals surface area contributed by atoms with Crippen molar-refractivity contribution >= 4 is 22.7 Å². The molecule has 3 aromatic rings. The van der Waals surface area contributed by atoms with Crippen LogP contribution in [0, 0.1) is 5.82 Å². The lowest BCUT2D eigenvalue weighted by molar-refractivity contribution is 0.629. The molecule has 1 aliphatic heterocycles. The predicted molar refractivity (Wildman–Crippen MR) is 81.2 cm³/mol. The third-order valence-corrected chi connectivity index (χ3v) is 3.84. The summed E-state index contributed by atoms with van der Waals surface area (Å²) < 4.78 is 13.2. The summed E-state index contributed by atoms with van der Waals surface area (Å²) in [6.07, 6.45) is 0.993. The number of nitrogens with one attached hydrogen (secondary N) is 3. The van der Waals surface area contributed by atoms with Crippen LogP contribution in [0.15, 0.2) is 36.4 Å². The van der Waals surface area contributed by atoms with Crippen molar-refractivity contribution in [1.29, 1.82) is 0 Å². The molecule has 0 aliphatic carbocycles. The number of hydrogen-bond donors (Lipinski definition) is 3. The zero-order chi connectivity index (χ0) is 14.2. The SMILES string of the molecule is Fc1ccc2nc(Nc3cccc4c3CCNC4)[nH]c2c1. The summed E-state index contributed by atoms with van der Waals surface area (Å²) >= 11 is 0. The summed E-state index contributed by atoms with van der Waals surface area (Å²) in [5.41, 5.74) is 5.15. The third kappa shape index (κ3) is 2.25. The van der Waals surface area contributed by atoms with Gasteiger partial charge in [-0.1, -0.05) is 12.1 Å². The maximum atomic E-state index is 13.2. The van der Waals surface area contributed by atoms with Crippen LogP contribution in [0.2, 0.25) is 0 Å². The van der Waals surface area contributed by atoms with Gasteiger partial charge in [-0.15, -0.1) is 0 Å². The van der Waals surface area contributed by atoms with Crippen LogP contribution >= 0.6 is 0 Å². The smallest absolute Gasteiger partial charge is 0.205 e. The number of fused-ring (bicyclic) bond motifs is 2. The molecule has 106 valence electrons. The first kappa shape index (κ1) is 12.3. The lowest BCUT2D eigenvalue weighted by Gasteiger charge is -2.20. The molecule has 1 aromatic heterocycles. The predicted octanol–water partition coefficient (Wildman–Crippen LogP) is 3.09. The summed E-state index contributed by atoms with van der Waals surface area (Å²) in [5.74, 6) is 0.378. The van der Waals surface area contributed by atoms with Crippen molar-refractivity contribution in [2.24, 2.45) is 0 Å². The number of anilines is 2. The van der Waals surface area contributed by atoms with Crippen LogP contribution in [0.1, 0.15) is 11.1 Å². The molecule has 2 heterocycles. The maximum Gasteiger partial charge on any atom is 0.205 e. The minimum atomic E-state index is -0.263. The Kier molecular flexibility index (Phi) is 2.86. The molecule has 0 saturated heterocycles. The molecule has 21 heavy (non-hydrogen) atoms. The van der Waals surface area contributed by atoms with E-state index in [0.29, 0.717) is 11.5 Å². The van der Waals surface area contributed by atoms with Gasteiger partial charge in [-0.3, -0.25) is 0 Å². The highest BCUT2D eigenvalue weighted by molar-refractivity contribution is 5.78. The third-order valence-electron chi connectivity index (χ3n) is 3.84. The van der Waals surface area contributed by atoms with Crippen LogP contribution in [-0.2, 0) is 13.0 Å². The summed E-state index contributed by atoms with van der Waals surface area (Å²) in [6, 6.07) is 10.8. The fourth-order valence-corrected chi connectivity index (χ4v) is 2.82. The molecule has 0 amide bonds. The van der Waals surface area contributed by atoms with Crippen LogP contribution in [0.4, 0.5) is 16.0 Å². The first-order chi connectivity index (χ1) is 10.3. The summed E-state index contributed by atoms with van der Waals surface area (Å²) in [6.45, 7) is 1.88. The topological polar surface area (TPSA) is 52.7 Å². The van der Waals surface area contributed by atoms with Crippen LogP contribution in [0.25, 0.3) is 11.0 Å². The highest BCUT2D eigenvalue weighted by atomic mass is 19.1. The number of aromatic amines is 1. The Morgan fingerprint density at radius 3 is 3.10 bits per heavy atom. The molecule has 0 bridgehead atoms. The molecule has 4 rings (SSSR count). The van der Waals surface area contributed by atoms with E-state index in [1.165, 1.54) is 23.3 Å². The Balaban J connectivity index is 1.71. The van der Waals surface area contributed by atoms with Gasteiger partial charge in [-0.25, -0.2) is 9.37 Å². The molecule has 3 N–H and O–H groups in total. The van der Waals surface area contributed by atoms with E-state index in [2.05, 4.69) is 32.7 Å². The Morgan fingerprint density at radius 2 is 2.14 bits per heavy atom. The highest BCUT2D eigenvalue weighted by Gasteiger charge is 2.13. The zero-order valence-corrected chi connectivity index (χ0v) is 11.4. The molecule has 5 heteroatoms. The van der Waals surface area contributed by atoms with Gasteiger partial charge >= 0.3 is 0 Å². The van der Waals surface area contributed by atoms with Crippen LogP contribution in [0.3, 0.4) is 0 Å². The van der Waals surface area contributed by atoms with Gasteiger partial charge < -0.3 is 15.6 Å². The second kappa shape index (κ2) is 4.86. The molecule has 1 aliphatic rings. The second-order valence-corrected chi connectivity index (χ2v) is 5.24. The molecular weight excluding hydrogens is 267 g/mol. The lowest BCUT2D eigenvalue weighted by atomic mass is 9.99. The van der Waals surface area contributed by atoms with E-state index in [1.807, 2.05) is 6.07 Å². The Labute approximate surface area is 121 Å². The Bertz CT molecular complexity index is 809. The molecule has 2 aromatic carbocycles. The molecular formula is C16H15FN4. The van der Waals surface area contributed by atoms with E-state index in [-0.39, 0.29) is 5.82 Å². The molecule has 0 atom stereocenters. The van der Waals surface area contributed by atoms with Gasteiger partial charge in [0.1, 0.15) is 5.82 Å². The zero-order valence-electron chi connectivity index (χ0n) is 11.4. The van der Waals surface area contributed by atoms with Gasteiger partial charge in [-0.05, 0) is 48.4 Å². The number of hydrogen-bond acceptors (Lipinski definition) is 3. The van der Waals surface area contributed by atoms with E-state index in [1.54, 1.807) is 6.07 Å². The number of rotatable bonds is 2. The fraction of sp³-hybridized carbons (Fsp3) is 0.188. The van der Waals surface area contributed by atoms with Crippen molar-refractivity contribution in [2.75, 3.05) is 11.9 Å². The molecule has 0 unspecified atom stereocenters. The number of imidazole rings is 1. The summed E-state index contributed by atoms with van der Waals surface area (Å²) in [5, 5.41) is 6.69. The van der Waals surface area contributed by atoms with E-state index in [9.17, 15) is 4.39 Å². The normalized spacial score (nSPS) is 14.1. The van der Waals surface area contributed by atoms with Crippen molar-refractivity contribution in [3.63, 3.8) is 0 Å². The average Bonchev–Trinajstić information content (AvgIpc) is 2.89. The minimum Gasteiger partial charge on any atom is -0.325 e. The van der Waals surface area contributed by atoms with E-state index >= 15 is 0 Å². The van der Waals surface area contributed by atoms with Gasteiger partial charge in [0, 0.05) is 12.2 Å². The van der Waals surface area contributed by atoms with Crippen molar-refractivity contribution in [3.8, 4) is 0 Å². The molecule has 4 nitrogen and oxygen atoms in total. The number of aromatic nitrogens is 2. The van der Waals surface area contributed by atoms with E-state index in [0.717, 1.165) is 30.7 Å². The van der Waals surface area contributed by atoms with Gasteiger partial charge in [-0.2, -0.15) is 0 Å². The van der Waals surface area contributed by atoms with Crippen molar-refractivity contribution in [3.05, 3.63) is 53.3 Å². The first-order valence-electron chi connectivity index (χ1n) is 7.03. The van der Waals surface area contributed by atoms with E-state index in [4.69, 9.17) is 0 Å². The van der Waals surface area contributed by atoms with Gasteiger partial charge in [0.2, 0.25) is 5.95 Å². The first-order valence-corrected chi connectivity index (χ1v) is 7.03. The lowest BCUT2D eigenvalue weighted by Crippen LogP contribution is -2.24. The standard InChI is InChI=1S/C16H15FN4/c17-11-4-5-14-15(8-11)21-16(20-14)19-13-3-1-2-10-9-18-7-6-12(10)13/h1-5,8,18H,6-7,9H2,(H2,19,20,21). The van der Waals surface area contributed by atoms with E-state index < -0.39 is 0 Å². The van der Waals surface area contributed by atoms with Crippen molar-refractivity contribution < 1.29 is 4.39 Å². The van der Waals surface area contributed by atoms with Gasteiger partial charge in [0.15, 0.2) is 0 Å². The molecule has 0 saturated carbocycles. The number of halogens is 1. The fourth-order valence-electron chi connectivity index (χ4n) is 2.82. The maximum absolute atomic E-state index is 13.2. The monoisotopic (exact) mass is 282 g/mol. The number of nitrogens with zero attached hydrogens (tertiary/aromatic N) is 1. The minimum absolute atomic E-state index is 0.263. The largest absolute Gasteiger partial charge is 0.325 e. The average molecular weight is 282 g/mol. The molecule has 0 radical (unpaired) electrons. The Morgan fingerprint density at radius 1 is 1.19 bits per heavy atom. The quantitative estimate of drug-likeness (QED) is 0.677. The molecule has 0 fully saturated rings. The van der Waals surface area contributed by atoms with Crippen LogP contribution in [-0.4, -0.2) is 16.5 Å². The number of benzene rings is 2. The summed E-state index contributed by atoms with van der Waals surface area (Å²) in [7, 11) is 0. The van der Waals surface area contributed by atoms with Crippen molar-refractivity contribution in [1.82, 2.24) is 15.3 Å². The second-order valence-electron chi connectivity index (χ2n) is 5.24. The highest BCUT2D eigenvalue weighted by Crippen LogP contribution is 2.26. The van der Waals surface area contributed by atoms with Crippen LogP contribution in [0.5, 0.6) is 0 Å².